The highest BCUT2D eigenvalue weighted by molar-refractivity contribution is 7.89. The standard InChI is InChI=1S/C15H17ClN2O5S2/c1-22-11-4-3-9(7-10(11)15(17)19)25(20,21)18-8-12(23-2)13-5-6-14(16)24-13/h3-7,12,18H,8H2,1-2H3,(H2,17,19). The van der Waals surface area contributed by atoms with Crippen molar-refractivity contribution in [2.24, 2.45) is 5.73 Å². The number of nitrogens with two attached hydrogens (primary N) is 1. The molecule has 1 atom stereocenters. The first-order chi connectivity index (χ1) is 11.8. The van der Waals surface area contributed by atoms with Crippen LogP contribution in [0.2, 0.25) is 4.34 Å². The summed E-state index contributed by atoms with van der Waals surface area (Å²) in [6.07, 6.45) is -0.485. The first-order valence-corrected chi connectivity index (χ1v) is 9.71. The first-order valence-electron chi connectivity index (χ1n) is 7.04. The summed E-state index contributed by atoms with van der Waals surface area (Å²) in [5.74, 6) is -0.577. The van der Waals surface area contributed by atoms with E-state index in [-0.39, 0.29) is 22.8 Å². The third-order valence-electron chi connectivity index (χ3n) is 3.40. The number of sulfonamides is 1. The molecule has 7 nitrogen and oxygen atoms in total. The number of ether oxygens (including phenoxy) is 2. The molecule has 10 heteroatoms. The number of carbonyl (C=O) groups is 1. The Labute approximate surface area is 154 Å². The minimum absolute atomic E-state index is 0.00755. The summed E-state index contributed by atoms with van der Waals surface area (Å²) in [7, 11) is -1.03. The van der Waals surface area contributed by atoms with E-state index in [2.05, 4.69) is 4.72 Å². The maximum Gasteiger partial charge on any atom is 0.252 e. The van der Waals surface area contributed by atoms with Crippen molar-refractivity contribution >= 4 is 38.9 Å². The van der Waals surface area contributed by atoms with Gasteiger partial charge in [0, 0.05) is 18.5 Å². The smallest absolute Gasteiger partial charge is 0.252 e. The van der Waals surface area contributed by atoms with Crippen molar-refractivity contribution in [3.8, 4) is 5.75 Å². The van der Waals surface area contributed by atoms with Crippen LogP contribution in [0.25, 0.3) is 0 Å². The van der Waals surface area contributed by atoms with Crippen molar-refractivity contribution in [2.45, 2.75) is 11.0 Å². The van der Waals surface area contributed by atoms with Gasteiger partial charge in [0.2, 0.25) is 10.0 Å². The molecule has 0 aliphatic heterocycles. The van der Waals surface area contributed by atoms with Gasteiger partial charge in [-0.3, -0.25) is 4.79 Å². The van der Waals surface area contributed by atoms with Crippen LogP contribution in [0.4, 0.5) is 0 Å². The van der Waals surface area contributed by atoms with E-state index < -0.39 is 22.0 Å². The molecule has 136 valence electrons. The molecule has 0 fully saturated rings. The zero-order chi connectivity index (χ0) is 18.6. The van der Waals surface area contributed by atoms with Crippen LogP contribution in [0, 0.1) is 0 Å². The average molecular weight is 405 g/mol. The molecule has 1 aromatic heterocycles. The second-order valence-corrected chi connectivity index (χ2v) is 8.46. The second kappa shape index (κ2) is 8.15. The molecule has 0 bridgehead atoms. The van der Waals surface area contributed by atoms with Gasteiger partial charge in [0.15, 0.2) is 0 Å². The van der Waals surface area contributed by atoms with Crippen molar-refractivity contribution < 1.29 is 22.7 Å². The number of primary amides is 1. The van der Waals surface area contributed by atoms with E-state index in [0.717, 1.165) is 4.88 Å². The molecule has 25 heavy (non-hydrogen) atoms. The van der Waals surface area contributed by atoms with Gasteiger partial charge in [-0.2, -0.15) is 0 Å². The fourth-order valence-electron chi connectivity index (χ4n) is 2.12. The van der Waals surface area contributed by atoms with Crippen LogP contribution in [-0.2, 0) is 14.8 Å². The number of benzene rings is 1. The Morgan fingerprint density at radius 3 is 2.56 bits per heavy atom. The van der Waals surface area contributed by atoms with Crippen LogP contribution in [0.1, 0.15) is 21.3 Å². The lowest BCUT2D eigenvalue weighted by atomic mass is 10.2. The van der Waals surface area contributed by atoms with Crippen molar-refractivity contribution in [1.29, 1.82) is 0 Å². The maximum atomic E-state index is 12.5. The van der Waals surface area contributed by atoms with Crippen molar-refractivity contribution in [1.82, 2.24) is 4.72 Å². The number of halogens is 1. The largest absolute Gasteiger partial charge is 0.496 e. The van der Waals surface area contributed by atoms with E-state index in [0.29, 0.717) is 4.34 Å². The van der Waals surface area contributed by atoms with Gasteiger partial charge in [0.1, 0.15) is 11.9 Å². The van der Waals surface area contributed by atoms with E-state index in [4.69, 9.17) is 26.8 Å². The summed E-state index contributed by atoms with van der Waals surface area (Å²) in [6.45, 7) is 0.00755. The third-order valence-corrected chi connectivity index (χ3v) is 6.15. The molecule has 0 aliphatic rings. The molecule has 0 saturated carbocycles. The van der Waals surface area contributed by atoms with E-state index in [1.54, 1.807) is 12.1 Å². The predicted molar refractivity (Wildman–Crippen MR) is 95.8 cm³/mol. The predicted octanol–water partition coefficient (Wildman–Crippen LogP) is 2.17. The highest BCUT2D eigenvalue weighted by atomic mass is 35.5. The molecule has 1 unspecified atom stereocenters. The van der Waals surface area contributed by atoms with Gasteiger partial charge < -0.3 is 15.2 Å². The molecule has 3 N–H and O–H groups in total. The van der Waals surface area contributed by atoms with Crippen LogP contribution >= 0.6 is 22.9 Å². The lowest BCUT2D eigenvalue weighted by Gasteiger charge is -2.15. The quantitative estimate of drug-likeness (QED) is 0.701. The third kappa shape index (κ3) is 4.71. The van der Waals surface area contributed by atoms with Crippen molar-refractivity contribution in [2.75, 3.05) is 20.8 Å². The summed E-state index contributed by atoms with van der Waals surface area (Å²) in [5.41, 5.74) is 5.24. The number of hydrogen-bond acceptors (Lipinski definition) is 6. The summed E-state index contributed by atoms with van der Waals surface area (Å²) < 4.78 is 38.3. The number of hydrogen-bond donors (Lipinski definition) is 2. The van der Waals surface area contributed by atoms with Crippen LogP contribution in [0.3, 0.4) is 0 Å². The van der Waals surface area contributed by atoms with E-state index in [9.17, 15) is 13.2 Å². The van der Waals surface area contributed by atoms with Gasteiger partial charge in [-0.25, -0.2) is 13.1 Å². The Hall–Kier alpha value is -1.65. The number of rotatable bonds is 8. The molecule has 0 aliphatic carbocycles. The van der Waals surface area contributed by atoms with E-state index >= 15 is 0 Å². The summed E-state index contributed by atoms with van der Waals surface area (Å²) >= 11 is 7.20. The Bertz CT molecular complexity index is 867. The minimum Gasteiger partial charge on any atom is -0.496 e. The molecule has 1 aromatic carbocycles. The highest BCUT2D eigenvalue weighted by Crippen LogP contribution is 2.29. The Balaban J connectivity index is 2.21. The number of thiophene rings is 1. The monoisotopic (exact) mass is 404 g/mol. The summed E-state index contributed by atoms with van der Waals surface area (Å²) in [4.78, 5) is 12.2. The van der Waals surface area contributed by atoms with Gasteiger partial charge in [0.05, 0.1) is 21.9 Å². The maximum absolute atomic E-state index is 12.5. The number of methoxy groups -OCH3 is 2. The zero-order valence-electron chi connectivity index (χ0n) is 13.5. The number of amides is 1. The fourth-order valence-corrected chi connectivity index (χ4v) is 4.31. The molecule has 2 aromatic rings. The topological polar surface area (TPSA) is 108 Å². The zero-order valence-corrected chi connectivity index (χ0v) is 15.9. The minimum atomic E-state index is -3.87. The van der Waals surface area contributed by atoms with E-state index in [1.165, 1.54) is 43.8 Å². The second-order valence-electron chi connectivity index (χ2n) is 4.94. The Morgan fingerprint density at radius 2 is 2.04 bits per heavy atom. The van der Waals surface area contributed by atoms with Crippen LogP contribution < -0.4 is 15.2 Å². The summed E-state index contributed by atoms with van der Waals surface area (Å²) in [6, 6.07) is 7.37. The van der Waals surface area contributed by atoms with Crippen molar-refractivity contribution in [3.63, 3.8) is 0 Å². The van der Waals surface area contributed by atoms with Gasteiger partial charge in [-0.1, -0.05) is 11.6 Å². The average Bonchev–Trinajstić information content (AvgIpc) is 3.01. The molecule has 1 amide bonds. The van der Waals surface area contributed by atoms with Crippen LogP contribution in [0.15, 0.2) is 35.2 Å². The van der Waals surface area contributed by atoms with Crippen molar-refractivity contribution in [3.05, 3.63) is 45.1 Å². The lowest BCUT2D eigenvalue weighted by molar-refractivity contribution is 0.0997. The highest BCUT2D eigenvalue weighted by Gasteiger charge is 2.21. The van der Waals surface area contributed by atoms with Crippen LogP contribution in [0.5, 0.6) is 5.75 Å². The molecule has 0 radical (unpaired) electrons. The molecule has 2 rings (SSSR count). The molecular formula is C15H17ClN2O5S2. The SMILES string of the molecule is COc1ccc(S(=O)(=O)NCC(OC)c2ccc(Cl)s2)cc1C(N)=O. The van der Waals surface area contributed by atoms with Crippen LogP contribution in [-0.4, -0.2) is 35.1 Å². The molecule has 0 saturated heterocycles. The Kier molecular flexibility index (Phi) is 6.42. The molecule has 1 heterocycles. The number of nitrogens with one attached hydrogen (secondary N) is 1. The number of carbonyl (C=O) groups excluding carboxylic acids is 1. The lowest BCUT2D eigenvalue weighted by Crippen LogP contribution is -2.29. The van der Waals surface area contributed by atoms with Gasteiger partial charge in [0.25, 0.3) is 5.91 Å². The first kappa shape index (κ1) is 19.7. The van der Waals surface area contributed by atoms with Gasteiger partial charge in [-0.05, 0) is 30.3 Å². The molecular weight excluding hydrogens is 388 g/mol. The Morgan fingerprint density at radius 1 is 1.32 bits per heavy atom. The normalized spacial score (nSPS) is 12.8. The van der Waals surface area contributed by atoms with E-state index in [1.807, 2.05) is 0 Å². The van der Waals surface area contributed by atoms with Gasteiger partial charge >= 0.3 is 0 Å². The van der Waals surface area contributed by atoms with Gasteiger partial charge in [-0.15, -0.1) is 11.3 Å². The summed E-state index contributed by atoms with van der Waals surface area (Å²) in [5, 5.41) is 0. The fraction of sp³-hybridized carbons (Fsp3) is 0.267. The molecule has 0 spiro atoms.